The quantitative estimate of drug-likeness (QED) is 0.387. The molecule has 2 N–H and O–H groups in total. The topological polar surface area (TPSA) is 49.8 Å². The third-order valence-corrected chi connectivity index (χ3v) is 0.441. The molecule has 0 saturated heterocycles. The predicted molar refractivity (Wildman–Crippen MR) is 24.1 cm³/mol. The molecule has 3 heteroatoms. The SMILES string of the molecule is N#CCC(N)Cl. The van der Waals surface area contributed by atoms with Crippen LogP contribution in [0, 0.1) is 11.3 Å². The fourth-order valence-electron chi connectivity index (χ4n) is 0.0872. The van der Waals surface area contributed by atoms with E-state index < -0.39 is 5.50 Å². The molecule has 34 valence electrons. The molecule has 0 aliphatic rings. The van der Waals surface area contributed by atoms with Crippen molar-refractivity contribution in [2.45, 2.75) is 11.9 Å². The van der Waals surface area contributed by atoms with Gasteiger partial charge in [0.1, 0.15) is 0 Å². The molecule has 0 amide bonds. The second-order valence-corrected chi connectivity index (χ2v) is 1.44. The van der Waals surface area contributed by atoms with Gasteiger partial charge < -0.3 is 5.73 Å². The minimum absolute atomic E-state index is 0.224. The molecule has 0 saturated carbocycles. The van der Waals surface area contributed by atoms with E-state index in [0.717, 1.165) is 0 Å². The summed E-state index contributed by atoms with van der Waals surface area (Å²) in [6, 6.07) is 1.81. The van der Waals surface area contributed by atoms with Gasteiger partial charge >= 0.3 is 0 Å². The first kappa shape index (κ1) is 5.74. The zero-order valence-electron chi connectivity index (χ0n) is 3.19. The van der Waals surface area contributed by atoms with Gasteiger partial charge in [-0.25, -0.2) is 0 Å². The van der Waals surface area contributed by atoms with E-state index in [1.807, 2.05) is 6.07 Å². The fourth-order valence-corrected chi connectivity index (χ4v) is 0.156. The van der Waals surface area contributed by atoms with Crippen LogP contribution in [0.4, 0.5) is 0 Å². The largest absolute Gasteiger partial charge is 0.314 e. The van der Waals surface area contributed by atoms with Crippen LogP contribution in [-0.2, 0) is 0 Å². The van der Waals surface area contributed by atoms with Crippen LogP contribution in [0.5, 0.6) is 0 Å². The van der Waals surface area contributed by atoms with Crippen LogP contribution in [0.1, 0.15) is 6.42 Å². The molecule has 1 atom stereocenters. The number of rotatable bonds is 1. The Morgan fingerprint density at radius 3 is 2.50 bits per heavy atom. The first-order chi connectivity index (χ1) is 2.77. The minimum atomic E-state index is -0.491. The average Bonchev–Trinajstić information content (AvgIpc) is 1.35. The maximum absolute atomic E-state index is 7.82. The second-order valence-electron chi connectivity index (χ2n) is 0.878. The van der Waals surface area contributed by atoms with Gasteiger partial charge in [0.15, 0.2) is 0 Å². The number of nitriles is 1. The molecule has 0 aromatic carbocycles. The van der Waals surface area contributed by atoms with E-state index in [9.17, 15) is 0 Å². The standard InChI is InChI=1S/C3H5ClN2/c4-3(6)1-2-5/h3H,1,6H2. The lowest BCUT2D eigenvalue weighted by molar-refractivity contribution is 0.931. The monoisotopic (exact) mass is 104 g/mol. The van der Waals surface area contributed by atoms with Gasteiger partial charge in [-0.3, -0.25) is 0 Å². The summed E-state index contributed by atoms with van der Waals surface area (Å²) < 4.78 is 0. The molecule has 0 radical (unpaired) electrons. The molecule has 1 unspecified atom stereocenters. The molecule has 0 aromatic rings. The van der Waals surface area contributed by atoms with Crippen molar-refractivity contribution < 1.29 is 0 Å². The van der Waals surface area contributed by atoms with Gasteiger partial charge in [0.05, 0.1) is 18.0 Å². The molecule has 0 fully saturated rings. The maximum atomic E-state index is 7.82. The van der Waals surface area contributed by atoms with Crippen molar-refractivity contribution in [2.75, 3.05) is 0 Å². The molecule has 0 rings (SSSR count). The van der Waals surface area contributed by atoms with E-state index in [4.69, 9.17) is 22.6 Å². The summed E-state index contributed by atoms with van der Waals surface area (Å²) in [5, 5.41) is 7.82. The number of hydrogen-bond acceptors (Lipinski definition) is 2. The van der Waals surface area contributed by atoms with Gasteiger partial charge in [-0.05, 0) is 0 Å². The number of hydrogen-bond donors (Lipinski definition) is 1. The number of nitrogens with zero attached hydrogens (tertiary/aromatic N) is 1. The van der Waals surface area contributed by atoms with Gasteiger partial charge in [0.2, 0.25) is 0 Å². The molecule has 0 aliphatic heterocycles. The zero-order valence-corrected chi connectivity index (χ0v) is 3.94. The summed E-state index contributed by atoms with van der Waals surface area (Å²) in [5.41, 5.74) is 4.46. The van der Waals surface area contributed by atoms with Crippen molar-refractivity contribution in [1.82, 2.24) is 0 Å². The molecule has 0 bridgehead atoms. The van der Waals surface area contributed by atoms with E-state index in [-0.39, 0.29) is 6.42 Å². The van der Waals surface area contributed by atoms with Gasteiger partial charge in [-0.2, -0.15) is 5.26 Å². The fraction of sp³-hybridized carbons (Fsp3) is 0.667. The van der Waals surface area contributed by atoms with Crippen LogP contribution in [0.15, 0.2) is 0 Å². The van der Waals surface area contributed by atoms with Crippen LogP contribution < -0.4 is 5.73 Å². The summed E-state index contributed by atoms with van der Waals surface area (Å²) >= 11 is 5.13. The summed E-state index contributed by atoms with van der Waals surface area (Å²) in [6.45, 7) is 0. The Morgan fingerprint density at radius 1 is 2.00 bits per heavy atom. The van der Waals surface area contributed by atoms with E-state index >= 15 is 0 Å². The third-order valence-electron chi connectivity index (χ3n) is 0.286. The van der Waals surface area contributed by atoms with Crippen molar-refractivity contribution in [2.24, 2.45) is 5.73 Å². The Bertz CT molecular complexity index is 63.7. The van der Waals surface area contributed by atoms with Crippen molar-refractivity contribution in [3.05, 3.63) is 0 Å². The molecule has 2 nitrogen and oxygen atoms in total. The lowest BCUT2D eigenvalue weighted by Gasteiger charge is -1.86. The molecule has 0 aromatic heterocycles. The van der Waals surface area contributed by atoms with Gasteiger partial charge in [-0.1, -0.05) is 0 Å². The Kier molecular flexibility index (Phi) is 2.82. The van der Waals surface area contributed by atoms with Gasteiger partial charge in [0.25, 0.3) is 0 Å². The van der Waals surface area contributed by atoms with E-state index in [1.54, 1.807) is 0 Å². The van der Waals surface area contributed by atoms with E-state index in [2.05, 4.69) is 0 Å². The van der Waals surface area contributed by atoms with E-state index in [1.165, 1.54) is 0 Å². The highest BCUT2D eigenvalue weighted by Crippen LogP contribution is 1.87. The lowest BCUT2D eigenvalue weighted by Crippen LogP contribution is -2.09. The summed E-state index contributed by atoms with van der Waals surface area (Å²) in [7, 11) is 0. The molecule has 0 spiro atoms. The van der Waals surface area contributed by atoms with Gasteiger partial charge in [0, 0.05) is 0 Å². The lowest BCUT2D eigenvalue weighted by atomic mass is 10.5. The normalized spacial score (nSPS) is 12.8. The zero-order chi connectivity index (χ0) is 4.99. The Hall–Kier alpha value is -0.260. The Morgan fingerprint density at radius 2 is 2.50 bits per heavy atom. The van der Waals surface area contributed by atoms with Crippen LogP contribution in [-0.4, -0.2) is 5.50 Å². The van der Waals surface area contributed by atoms with Crippen LogP contribution in [0.3, 0.4) is 0 Å². The highest BCUT2D eigenvalue weighted by atomic mass is 35.5. The number of halogens is 1. The molecule has 6 heavy (non-hydrogen) atoms. The number of nitrogens with two attached hydrogens (primary N) is 1. The summed E-state index contributed by atoms with van der Waals surface area (Å²) in [5.74, 6) is 0. The van der Waals surface area contributed by atoms with Crippen LogP contribution in [0.2, 0.25) is 0 Å². The summed E-state index contributed by atoms with van der Waals surface area (Å²) in [4.78, 5) is 0. The molecular weight excluding hydrogens is 99.5 g/mol. The highest BCUT2D eigenvalue weighted by Gasteiger charge is 1.88. The predicted octanol–water partition coefficient (Wildman–Crippen LogP) is 0.424. The minimum Gasteiger partial charge on any atom is -0.314 e. The summed E-state index contributed by atoms with van der Waals surface area (Å²) in [6.07, 6.45) is 0.224. The first-order valence-corrected chi connectivity index (χ1v) is 1.97. The second kappa shape index (κ2) is 2.95. The van der Waals surface area contributed by atoms with Crippen molar-refractivity contribution in [3.8, 4) is 6.07 Å². The average molecular weight is 105 g/mol. The van der Waals surface area contributed by atoms with Crippen LogP contribution >= 0.6 is 11.6 Å². The maximum Gasteiger partial charge on any atom is 0.0931 e. The smallest absolute Gasteiger partial charge is 0.0931 e. The first-order valence-electron chi connectivity index (χ1n) is 1.54. The van der Waals surface area contributed by atoms with E-state index in [0.29, 0.717) is 0 Å². The molecule has 0 heterocycles. The molecular formula is C3H5ClN2. The Labute approximate surface area is 41.5 Å². The van der Waals surface area contributed by atoms with Crippen molar-refractivity contribution >= 4 is 11.6 Å². The molecule has 0 aliphatic carbocycles. The van der Waals surface area contributed by atoms with Gasteiger partial charge in [-0.15, -0.1) is 11.6 Å². The number of alkyl halides is 1. The third kappa shape index (κ3) is 3.74. The van der Waals surface area contributed by atoms with Crippen LogP contribution in [0.25, 0.3) is 0 Å². The van der Waals surface area contributed by atoms with Crippen molar-refractivity contribution in [1.29, 1.82) is 5.26 Å². The van der Waals surface area contributed by atoms with Crippen molar-refractivity contribution in [3.63, 3.8) is 0 Å². The highest BCUT2D eigenvalue weighted by molar-refractivity contribution is 6.20. The Balaban J connectivity index is 2.88.